The summed E-state index contributed by atoms with van der Waals surface area (Å²) in [5.74, 6) is 0.00828. The molecule has 26 heavy (non-hydrogen) atoms. The van der Waals surface area contributed by atoms with Crippen LogP contribution in [-0.2, 0) is 16.1 Å². The molecule has 138 valence electrons. The van der Waals surface area contributed by atoms with Gasteiger partial charge >= 0.3 is 0 Å². The summed E-state index contributed by atoms with van der Waals surface area (Å²) >= 11 is 7.73. The predicted molar refractivity (Wildman–Crippen MR) is 107 cm³/mol. The van der Waals surface area contributed by atoms with Crippen molar-refractivity contribution in [2.75, 3.05) is 12.8 Å². The molecule has 0 aliphatic carbocycles. The molecule has 0 heterocycles. The fourth-order valence-corrected chi connectivity index (χ4v) is 3.64. The molecule has 2 aromatic rings. The zero-order chi connectivity index (χ0) is 18.9. The molecule has 0 aromatic heterocycles. The van der Waals surface area contributed by atoms with Gasteiger partial charge in [0.25, 0.3) is 0 Å². The first kappa shape index (κ1) is 20.3. The Morgan fingerprint density at radius 3 is 2.38 bits per heavy atom. The number of halogens is 1. The lowest BCUT2D eigenvalue weighted by atomic mass is 10.1. The number of hydrogen-bond acceptors (Lipinski definition) is 3. The minimum Gasteiger partial charge on any atom is -0.357 e. The molecule has 2 aromatic carbocycles. The number of hydrogen-bond donors (Lipinski definition) is 1. The van der Waals surface area contributed by atoms with Crippen molar-refractivity contribution in [2.45, 2.75) is 30.8 Å². The van der Waals surface area contributed by atoms with Crippen molar-refractivity contribution < 1.29 is 9.59 Å². The number of rotatable bonds is 8. The standard InChI is InChI=1S/C20H23ClN2O2S/c1-3-18(20(25)22-2)23(13-15-9-7-8-12-17(15)21)19(24)14-26-16-10-5-4-6-11-16/h4-12,18H,3,13-14H2,1-2H3,(H,22,25)/t18-/m1/s1. The van der Waals surface area contributed by atoms with Crippen molar-refractivity contribution in [2.24, 2.45) is 0 Å². The molecular weight excluding hydrogens is 368 g/mol. The molecule has 0 saturated heterocycles. The Labute approximate surface area is 163 Å². The van der Waals surface area contributed by atoms with Crippen LogP contribution in [-0.4, -0.2) is 35.6 Å². The van der Waals surface area contributed by atoms with Crippen LogP contribution in [0.5, 0.6) is 0 Å². The maximum atomic E-state index is 12.9. The summed E-state index contributed by atoms with van der Waals surface area (Å²) in [4.78, 5) is 27.9. The first-order valence-corrected chi connectivity index (χ1v) is 9.85. The van der Waals surface area contributed by atoms with Crippen LogP contribution in [0.1, 0.15) is 18.9 Å². The second kappa shape index (κ2) is 10.2. The summed E-state index contributed by atoms with van der Waals surface area (Å²) < 4.78 is 0. The van der Waals surface area contributed by atoms with Crippen molar-refractivity contribution in [3.05, 3.63) is 65.2 Å². The number of carbonyl (C=O) groups excluding carboxylic acids is 2. The third kappa shape index (κ3) is 5.51. The molecule has 0 aliphatic rings. The van der Waals surface area contributed by atoms with Gasteiger partial charge < -0.3 is 10.2 Å². The summed E-state index contributed by atoms with van der Waals surface area (Å²) in [7, 11) is 1.59. The number of benzene rings is 2. The smallest absolute Gasteiger partial charge is 0.242 e. The van der Waals surface area contributed by atoms with Gasteiger partial charge in [-0.1, -0.05) is 54.9 Å². The number of nitrogens with zero attached hydrogens (tertiary/aromatic N) is 1. The van der Waals surface area contributed by atoms with Crippen LogP contribution in [0.15, 0.2) is 59.5 Å². The van der Waals surface area contributed by atoms with E-state index < -0.39 is 6.04 Å². The molecule has 2 rings (SSSR count). The molecule has 0 unspecified atom stereocenters. The van der Waals surface area contributed by atoms with Crippen molar-refractivity contribution in [3.63, 3.8) is 0 Å². The lowest BCUT2D eigenvalue weighted by molar-refractivity contribution is -0.139. The highest BCUT2D eigenvalue weighted by Crippen LogP contribution is 2.22. The van der Waals surface area contributed by atoms with Crippen LogP contribution < -0.4 is 5.32 Å². The fourth-order valence-electron chi connectivity index (χ4n) is 2.64. The molecule has 2 amide bonds. The summed E-state index contributed by atoms with van der Waals surface area (Å²) in [6.07, 6.45) is 0.534. The third-order valence-corrected chi connectivity index (χ3v) is 5.40. The molecule has 0 fully saturated rings. The van der Waals surface area contributed by atoms with Gasteiger partial charge in [-0.25, -0.2) is 0 Å². The van der Waals surface area contributed by atoms with Crippen LogP contribution in [0.3, 0.4) is 0 Å². The highest BCUT2D eigenvalue weighted by molar-refractivity contribution is 8.00. The summed E-state index contributed by atoms with van der Waals surface area (Å²) in [6, 6.07) is 16.6. The van der Waals surface area contributed by atoms with Crippen molar-refractivity contribution >= 4 is 35.2 Å². The fraction of sp³-hybridized carbons (Fsp3) is 0.300. The maximum Gasteiger partial charge on any atom is 0.242 e. The van der Waals surface area contributed by atoms with Gasteiger partial charge in [-0.2, -0.15) is 0 Å². The van der Waals surface area contributed by atoms with Gasteiger partial charge in [0, 0.05) is 23.5 Å². The van der Waals surface area contributed by atoms with E-state index in [1.54, 1.807) is 18.0 Å². The highest BCUT2D eigenvalue weighted by Gasteiger charge is 2.28. The van der Waals surface area contributed by atoms with Crippen molar-refractivity contribution in [3.8, 4) is 0 Å². The SMILES string of the molecule is CC[C@H](C(=O)NC)N(Cc1ccccc1Cl)C(=O)CSc1ccccc1. The number of likely N-dealkylation sites (N-methyl/N-ethyl adjacent to an activating group) is 1. The second-order valence-corrected chi connectivity index (χ2v) is 7.21. The van der Waals surface area contributed by atoms with Crippen LogP contribution in [0, 0.1) is 0 Å². The summed E-state index contributed by atoms with van der Waals surface area (Å²) in [6.45, 7) is 2.21. The Morgan fingerprint density at radius 1 is 1.12 bits per heavy atom. The van der Waals surface area contributed by atoms with E-state index in [4.69, 9.17) is 11.6 Å². The van der Waals surface area contributed by atoms with Gasteiger partial charge in [0.05, 0.1) is 5.75 Å². The van der Waals surface area contributed by atoms with E-state index in [0.29, 0.717) is 18.0 Å². The van der Waals surface area contributed by atoms with Crippen LogP contribution in [0.25, 0.3) is 0 Å². The molecule has 6 heteroatoms. The minimum absolute atomic E-state index is 0.0887. The molecule has 0 saturated carbocycles. The lowest BCUT2D eigenvalue weighted by Gasteiger charge is -2.30. The summed E-state index contributed by atoms with van der Waals surface area (Å²) in [5.41, 5.74) is 0.828. The van der Waals surface area contributed by atoms with Crippen LogP contribution >= 0.6 is 23.4 Å². The number of amides is 2. The Balaban J connectivity index is 2.19. The van der Waals surface area contributed by atoms with E-state index in [1.165, 1.54) is 11.8 Å². The van der Waals surface area contributed by atoms with Crippen LogP contribution in [0.2, 0.25) is 5.02 Å². The average Bonchev–Trinajstić information content (AvgIpc) is 2.67. The number of carbonyl (C=O) groups is 2. The van der Waals surface area contributed by atoms with E-state index in [0.717, 1.165) is 10.5 Å². The number of thioether (sulfide) groups is 1. The Kier molecular flexibility index (Phi) is 8.01. The zero-order valence-corrected chi connectivity index (χ0v) is 16.5. The largest absolute Gasteiger partial charge is 0.357 e. The molecule has 4 nitrogen and oxygen atoms in total. The predicted octanol–water partition coefficient (Wildman–Crippen LogP) is 3.99. The van der Waals surface area contributed by atoms with Gasteiger partial charge in [-0.3, -0.25) is 9.59 Å². The van der Waals surface area contributed by atoms with E-state index in [9.17, 15) is 9.59 Å². The van der Waals surface area contributed by atoms with Gasteiger partial charge in [0.2, 0.25) is 11.8 Å². The monoisotopic (exact) mass is 390 g/mol. The minimum atomic E-state index is -0.528. The molecule has 1 atom stereocenters. The third-order valence-electron chi connectivity index (χ3n) is 4.04. The highest BCUT2D eigenvalue weighted by atomic mass is 35.5. The summed E-state index contributed by atoms with van der Waals surface area (Å²) in [5, 5.41) is 3.24. The molecule has 1 N–H and O–H groups in total. The molecule has 0 radical (unpaired) electrons. The normalized spacial score (nSPS) is 11.7. The topological polar surface area (TPSA) is 49.4 Å². The Bertz CT molecular complexity index is 740. The van der Waals surface area contributed by atoms with E-state index in [2.05, 4.69) is 5.32 Å². The van der Waals surface area contributed by atoms with Crippen molar-refractivity contribution in [1.29, 1.82) is 0 Å². The van der Waals surface area contributed by atoms with E-state index >= 15 is 0 Å². The van der Waals surface area contributed by atoms with Crippen LogP contribution in [0.4, 0.5) is 0 Å². The number of nitrogens with one attached hydrogen (secondary N) is 1. The Morgan fingerprint density at radius 2 is 1.77 bits per heavy atom. The average molecular weight is 391 g/mol. The molecule has 0 bridgehead atoms. The molecular formula is C20H23ClN2O2S. The molecule has 0 aliphatic heterocycles. The first-order valence-electron chi connectivity index (χ1n) is 8.49. The van der Waals surface area contributed by atoms with Gasteiger partial charge in [-0.15, -0.1) is 11.8 Å². The van der Waals surface area contributed by atoms with E-state index in [-0.39, 0.29) is 17.6 Å². The Hall–Kier alpha value is -1.98. The zero-order valence-electron chi connectivity index (χ0n) is 14.9. The lowest BCUT2D eigenvalue weighted by Crippen LogP contribution is -2.48. The van der Waals surface area contributed by atoms with Gasteiger partial charge in [0.15, 0.2) is 0 Å². The van der Waals surface area contributed by atoms with E-state index in [1.807, 2.05) is 55.5 Å². The van der Waals surface area contributed by atoms with Crippen molar-refractivity contribution in [1.82, 2.24) is 10.2 Å². The molecule has 0 spiro atoms. The first-order chi connectivity index (χ1) is 12.6. The van der Waals surface area contributed by atoms with Gasteiger partial charge in [-0.05, 0) is 30.2 Å². The maximum absolute atomic E-state index is 12.9. The quantitative estimate of drug-likeness (QED) is 0.693. The second-order valence-electron chi connectivity index (χ2n) is 5.75. The van der Waals surface area contributed by atoms with Gasteiger partial charge in [0.1, 0.15) is 6.04 Å².